The first-order valence-corrected chi connectivity index (χ1v) is 9.48. The second kappa shape index (κ2) is 8.11. The summed E-state index contributed by atoms with van der Waals surface area (Å²) in [5, 5.41) is 12.9. The molecule has 1 aromatic heterocycles. The van der Waals surface area contributed by atoms with Crippen molar-refractivity contribution >= 4 is 22.9 Å². The van der Waals surface area contributed by atoms with Crippen LogP contribution >= 0.6 is 0 Å². The molecule has 6 nitrogen and oxygen atoms in total. The van der Waals surface area contributed by atoms with Crippen LogP contribution in [0.3, 0.4) is 0 Å². The standard InChI is InChI=1S/C23H21N3O3/c1-16(17-7-9-21-22(13-17)29-15-28-21)25-23(27)10-8-18-14-26(12-4-11-24)20-6-3-2-5-19(18)20/h2-3,5-10,13-14,16H,4,12,15H2,1H3,(H,25,27)/b10-8+. The van der Waals surface area contributed by atoms with Crippen LogP contribution in [-0.4, -0.2) is 17.3 Å². The summed E-state index contributed by atoms with van der Waals surface area (Å²) in [5.74, 6) is 1.24. The molecule has 0 bridgehead atoms. The Labute approximate surface area is 169 Å². The van der Waals surface area contributed by atoms with Crippen LogP contribution in [0, 0.1) is 11.3 Å². The second-order valence-corrected chi connectivity index (χ2v) is 6.88. The summed E-state index contributed by atoms with van der Waals surface area (Å²) in [6, 6.07) is 15.6. The average molecular weight is 387 g/mol. The number of ether oxygens (including phenoxy) is 2. The van der Waals surface area contributed by atoms with Crippen molar-refractivity contribution < 1.29 is 14.3 Å². The van der Waals surface area contributed by atoms with Gasteiger partial charge in [-0.05, 0) is 36.8 Å². The largest absolute Gasteiger partial charge is 0.454 e. The summed E-state index contributed by atoms with van der Waals surface area (Å²) in [7, 11) is 0. The quantitative estimate of drug-likeness (QED) is 0.644. The minimum Gasteiger partial charge on any atom is -0.454 e. The molecule has 146 valence electrons. The van der Waals surface area contributed by atoms with Crippen molar-refractivity contribution in [3.8, 4) is 17.6 Å². The Morgan fingerprint density at radius 3 is 2.97 bits per heavy atom. The normalized spacial score (nSPS) is 13.5. The highest BCUT2D eigenvalue weighted by Crippen LogP contribution is 2.34. The van der Waals surface area contributed by atoms with Crippen molar-refractivity contribution in [3.63, 3.8) is 0 Å². The number of amides is 1. The van der Waals surface area contributed by atoms with E-state index in [-0.39, 0.29) is 18.7 Å². The van der Waals surface area contributed by atoms with Gasteiger partial charge in [-0.2, -0.15) is 5.26 Å². The van der Waals surface area contributed by atoms with Gasteiger partial charge in [0.1, 0.15) is 0 Å². The Kier molecular flexibility index (Phi) is 5.21. The lowest BCUT2D eigenvalue weighted by atomic mass is 10.1. The zero-order chi connectivity index (χ0) is 20.2. The van der Waals surface area contributed by atoms with Gasteiger partial charge in [0, 0.05) is 35.3 Å². The Hall–Kier alpha value is -3.72. The third-order valence-electron chi connectivity index (χ3n) is 4.95. The maximum atomic E-state index is 12.4. The monoisotopic (exact) mass is 387 g/mol. The van der Waals surface area contributed by atoms with Gasteiger partial charge in [-0.15, -0.1) is 0 Å². The number of para-hydroxylation sites is 1. The van der Waals surface area contributed by atoms with Crippen molar-refractivity contribution in [3.05, 3.63) is 65.9 Å². The van der Waals surface area contributed by atoms with Gasteiger partial charge in [-0.3, -0.25) is 4.79 Å². The molecule has 1 aliphatic heterocycles. The van der Waals surface area contributed by atoms with Crippen molar-refractivity contribution in [2.45, 2.75) is 25.9 Å². The maximum absolute atomic E-state index is 12.4. The molecule has 2 heterocycles. The van der Waals surface area contributed by atoms with Gasteiger partial charge in [0.05, 0.1) is 18.5 Å². The van der Waals surface area contributed by atoms with Crippen LogP contribution in [0.15, 0.2) is 54.7 Å². The zero-order valence-electron chi connectivity index (χ0n) is 16.1. The second-order valence-electron chi connectivity index (χ2n) is 6.88. The predicted molar refractivity (Wildman–Crippen MR) is 110 cm³/mol. The number of rotatable bonds is 6. The zero-order valence-corrected chi connectivity index (χ0v) is 16.1. The predicted octanol–water partition coefficient (Wildman–Crippen LogP) is 4.17. The average Bonchev–Trinajstić information content (AvgIpc) is 3.34. The van der Waals surface area contributed by atoms with E-state index in [4.69, 9.17) is 14.7 Å². The van der Waals surface area contributed by atoms with Gasteiger partial charge in [0.25, 0.3) is 0 Å². The van der Waals surface area contributed by atoms with Crippen LogP contribution in [0.4, 0.5) is 0 Å². The number of nitrogens with zero attached hydrogens (tertiary/aromatic N) is 2. The molecule has 4 rings (SSSR count). The summed E-state index contributed by atoms with van der Waals surface area (Å²) in [6.45, 7) is 2.78. The van der Waals surface area contributed by atoms with E-state index >= 15 is 0 Å². The number of benzene rings is 2. The molecule has 1 N–H and O–H groups in total. The Morgan fingerprint density at radius 1 is 1.28 bits per heavy atom. The lowest BCUT2D eigenvalue weighted by molar-refractivity contribution is -0.117. The van der Waals surface area contributed by atoms with Crippen LogP contribution < -0.4 is 14.8 Å². The van der Waals surface area contributed by atoms with E-state index in [2.05, 4.69) is 11.4 Å². The summed E-state index contributed by atoms with van der Waals surface area (Å²) >= 11 is 0. The molecule has 29 heavy (non-hydrogen) atoms. The van der Waals surface area contributed by atoms with Gasteiger partial charge in [-0.25, -0.2) is 0 Å². The van der Waals surface area contributed by atoms with Crippen LogP contribution in [0.2, 0.25) is 0 Å². The molecule has 3 aromatic rings. The first-order valence-electron chi connectivity index (χ1n) is 9.48. The number of hydrogen-bond acceptors (Lipinski definition) is 4. The Morgan fingerprint density at radius 2 is 2.10 bits per heavy atom. The van der Waals surface area contributed by atoms with Crippen molar-refractivity contribution in [2.75, 3.05) is 6.79 Å². The molecule has 0 fully saturated rings. The van der Waals surface area contributed by atoms with E-state index in [1.165, 1.54) is 0 Å². The molecule has 1 aliphatic rings. The summed E-state index contributed by atoms with van der Waals surface area (Å²) < 4.78 is 12.8. The third-order valence-corrected chi connectivity index (χ3v) is 4.95. The molecular formula is C23H21N3O3. The highest BCUT2D eigenvalue weighted by atomic mass is 16.7. The van der Waals surface area contributed by atoms with Crippen molar-refractivity contribution in [1.29, 1.82) is 5.26 Å². The van der Waals surface area contributed by atoms with Crippen LogP contribution in [0.5, 0.6) is 11.5 Å². The number of aryl methyl sites for hydroxylation is 1. The lowest BCUT2D eigenvalue weighted by Crippen LogP contribution is -2.24. The summed E-state index contributed by atoms with van der Waals surface area (Å²) in [4.78, 5) is 12.4. The van der Waals surface area contributed by atoms with E-state index in [0.717, 1.165) is 27.8 Å². The molecule has 6 heteroatoms. The molecule has 0 spiro atoms. The highest BCUT2D eigenvalue weighted by Gasteiger charge is 2.16. The van der Waals surface area contributed by atoms with Crippen LogP contribution in [0.1, 0.15) is 30.5 Å². The van der Waals surface area contributed by atoms with Crippen molar-refractivity contribution in [1.82, 2.24) is 9.88 Å². The van der Waals surface area contributed by atoms with Gasteiger partial charge < -0.3 is 19.4 Å². The van der Waals surface area contributed by atoms with Gasteiger partial charge in [0.15, 0.2) is 11.5 Å². The number of carbonyl (C=O) groups is 1. The van der Waals surface area contributed by atoms with E-state index < -0.39 is 0 Å². The fourth-order valence-electron chi connectivity index (χ4n) is 3.46. The Balaban J connectivity index is 1.47. The van der Waals surface area contributed by atoms with Gasteiger partial charge in [0.2, 0.25) is 12.7 Å². The molecule has 0 radical (unpaired) electrons. The van der Waals surface area contributed by atoms with Gasteiger partial charge >= 0.3 is 0 Å². The molecule has 1 unspecified atom stereocenters. The van der Waals surface area contributed by atoms with Gasteiger partial charge in [-0.1, -0.05) is 24.3 Å². The SMILES string of the molecule is CC(NC(=O)/C=C/c1cn(CCC#N)c2ccccc12)c1ccc2c(c1)OCO2. The lowest BCUT2D eigenvalue weighted by Gasteiger charge is -2.13. The molecule has 1 amide bonds. The van der Waals surface area contributed by atoms with E-state index in [9.17, 15) is 4.79 Å². The fraction of sp³-hybridized carbons (Fsp3) is 0.217. The maximum Gasteiger partial charge on any atom is 0.244 e. The molecule has 2 aromatic carbocycles. The topological polar surface area (TPSA) is 76.3 Å². The van der Waals surface area contributed by atoms with E-state index in [1.807, 2.05) is 66.2 Å². The van der Waals surface area contributed by atoms with E-state index in [1.54, 1.807) is 6.08 Å². The molecular weight excluding hydrogens is 366 g/mol. The number of carbonyl (C=O) groups excluding carboxylic acids is 1. The smallest absolute Gasteiger partial charge is 0.244 e. The first-order chi connectivity index (χ1) is 14.2. The number of nitriles is 1. The number of aromatic nitrogens is 1. The molecule has 0 aliphatic carbocycles. The number of nitrogens with one attached hydrogen (secondary N) is 1. The molecule has 1 atom stereocenters. The summed E-state index contributed by atoms with van der Waals surface area (Å²) in [6.07, 6.45) is 5.77. The van der Waals surface area contributed by atoms with E-state index in [0.29, 0.717) is 18.7 Å². The fourth-order valence-corrected chi connectivity index (χ4v) is 3.46. The first kappa shape index (κ1) is 18.6. The Bertz CT molecular complexity index is 1120. The number of fused-ring (bicyclic) bond motifs is 2. The number of hydrogen-bond donors (Lipinski definition) is 1. The molecule has 0 saturated heterocycles. The van der Waals surface area contributed by atoms with Crippen LogP contribution in [-0.2, 0) is 11.3 Å². The van der Waals surface area contributed by atoms with Crippen molar-refractivity contribution in [2.24, 2.45) is 0 Å². The minimum absolute atomic E-state index is 0.168. The highest BCUT2D eigenvalue weighted by molar-refractivity contribution is 5.96. The van der Waals surface area contributed by atoms with Crippen LogP contribution in [0.25, 0.3) is 17.0 Å². The summed E-state index contributed by atoms with van der Waals surface area (Å²) in [5.41, 5.74) is 2.95. The molecule has 0 saturated carbocycles. The minimum atomic E-state index is -0.177. The third kappa shape index (κ3) is 3.94.